The molecule has 1 atom stereocenters. The van der Waals surface area contributed by atoms with Crippen molar-refractivity contribution in [2.45, 2.75) is 51.5 Å². The van der Waals surface area contributed by atoms with E-state index in [9.17, 15) is 9.59 Å². The van der Waals surface area contributed by atoms with E-state index in [0.29, 0.717) is 13.0 Å². The molecule has 1 N–H and O–H groups in total. The molecule has 1 amide bonds. The van der Waals surface area contributed by atoms with Crippen molar-refractivity contribution in [3.8, 4) is 0 Å². The maximum Gasteiger partial charge on any atom is 0.335 e. The molecule has 0 radical (unpaired) electrons. The van der Waals surface area contributed by atoms with Crippen LogP contribution in [-0.2, 0) is 11.2 Å². The van der Waals surface area contributed by atoms with Gasteiger partial charge in [-0.05, 0) is 37.0 Å². The fraction of sp³-hybridized carbons (Fsp3) is 0.429. The van der Waals surface area contributed by atoms with Crippen molar-refractivity contribution < 1.29 is 14.7 Å². The van der Waals surface area contributed by atoms with Crippen LogP contribution in [0.5, 0.6) is 0 Å². The van der Waals surface area contributed by atoms with Gasteiger partial charge in [0.05, 0.1) is 11.6 Å². The van der Waals surface area contributed by atoms with Crippen molar-refractivity contribution in [2.75, 3.05) is 6.54 Å². The third-order valence-electron chi connectivity index (χ3n) is 4.52. The van der Waals surface area contributed by atoms with E-state index in [-0.39, 0.29) is 17.5 Å². The topological polar surface area (TPSA) is 57.6 Å². The normalized spacial score (nSPS) is 17.9. The zero-order chi connectivity index (χ0) is 18.1. The van der Waals surface area contributed by atoms with E-state index >= 15 is 0 Å². The predicted molar refractivity (Wildman–Crippen MR) is 99.6 cm³/mol. The van der Waals surface area contributed by atoms with Crippen LogP contribution in [0.15, 0.2) is 48.6 Å². The van der Waals surface area contributed by atoms with Crippen molar-refractivity contribution in [3.63, 3.8) is 0 Å². The molecule has 1 aliphatic rings. The quantitative estimate of drug-likeness (QED) is 0.540. The molecule has 2 rings (SSSR count). The van der Waals surface area contributed by atoms with E-state index in [1.807, 2.05) is 23.1 Å². The van der Waals surface area contributed by atoms with Gasteiger partial charge in [-0.2, -0.15) is 0 Å². The molecule has 1 heterocycles. The van der Waals surface area contributed by atoms with Crippen LogP contribution in [0.25, 0.3) is 0 Å². The van der Waals surface area contributed by atoms with Gasteiger partial charge < -0.3 is 10.0 Å². The van der Waals surface area contributed by atoms with Crippen LogP contribution in [0.1, 0.15) is 54.9 Å². The van der Waals surface area contributed by atoms with Crippen LogP contribution in [0.4, 0.5) is 0 Å². The molecule has 1 fully saturated rings. The Morgan fingerprint density at radius 1 is 1.28 bits per heavy atom. The minimum Gasteiger partial charge on any atom is -0.478 e. The zero-order valence-corrected chi connectivity index (χ0v) is 14.9. The summed E-state index contributed by atoms with van der Waals surface area (Å²) in [7, 11) is 0. The first-order valence-electron chi connectivity index (χ1n) is 9.07. The summed E-state index contributed by atoms with van der Waals surface area (Å²) in [6.07, 6.45) is 14.1. The van der Waals surface area contributed by atoms with E-state index < -0.39 is 5.97 Å². The summed E-state index contributed by atoms with van der Waals surface area (Å²) in [6.45, 7) is 2.85. The van der Waals surface area contributed by atoms with Gasteiger partial charge in [-0.15, -0.1) is 0 Å². The second-order valence-electron chi connectivity index (χ2n) is 6.40. The van der Waals surface area contributed by atoms with Crippen molar-refractivity contribution in [1.82, 2.24) is 4.90 Å². The van der Waals surface area contributed by atoms with Crippen LogP contribution in [0.3, 0.4) is 0 Å². The fourth-order valence-corrected chi connectivity index (χ4v) is 3.00. The number of carboxylic acid groups (broad SMARTS) is 1. The van der Waals surface area contributed by atoms with E-state index in [2.05, 4.69) is 25.2 Å². The third kappa shape index (κ3) is 5.89. The lowest BCUT2D eigenvalue weighted by atomic mass is 10.1. The van der Waals surface area contributed by atoms with Crippen LogP contribution < -0.4 is 0 Å². The Morgan fingerprint density at radius 2 is 2.04 bits per heavy atom. The molecular weight excluding hydrogens is 314 g/mol. The lowest BCUT2D eigenvalue weighted by Gasteiger charge is -2.22. The second-order valence-corrected chi connectivity index (χ2v) is 6.40. The van der Waals surface area contributed by atoms with Crippen molar-refractivity contribution in [1.29, 1.82) is 0 Å². The molecule has 4 nitrogen and oxygen atoms in total. The van der Waals surface area contributed by atoms with Gasteiger partial charge in [0.1, 0.15) is 0 Å². The van der Waals surface area contributed by atoms with E-state index in [0.717, 1.165) is 24.8 Å². The summed E-state index contributed by atoms with van der Waals surface area (Å²) < 4.78 is 0. The number of unbranched alkanes of at least 4 members (excludes halogenated alkanes) is 2. The Hall–Kier alpha value is -2.36. The molecule has 1 aromatic rings. The van der Waals surface area contributed by atoms with Gasteiger partial charge in [0, 0.05) is 13.0 Å². The highest BCUT2D eigenvalue weighted by Crippen LogP contribution is 2.20. The Bertz CT molecular complexity index is 631. The molecule has 1 aromatic carbocycles. The maximum atomic E-state index is 12.1. The van der Waals surface area contributed by atoms with Crippen LogP contribution in [0.2, 0.25) is 0 Å². The number of likely N-dealkylation sites (tertiary alicyclic amines) is 1. The first-order chi connectivity index (χ1) is 12.1. The molecule has 4 heteroatoms. The summed E-state index contributed by atoms with van der Waals surface area (Å²) >= 11 is 0. The fourth-order valence-electron chi connectivity index (χ4n) is 3.00. The van der Waals surface area contributed by atoms with Gasteiger partial charge in [-0.1, -0.05) is 56.2 Å². The van der Waals surface area contributed by atoms with Crippen LogP contribution in [-0.4, -0.2) is 34.5 Å². The number of nitrogens with zero attached hydrogens (tertiary/aromatic N) is 1. The first-order valence-corrected chi connectivity index (χ1v) is 9.07. The number of amides is 1. The molecule has 0 spiro atoms. The SMILES string of the molecule is CCCCC=CC=CC1CCC(=O)N1CCc1ccc(C(=O)O)cc1. The molecular formula is C21H27NO3. The standard InChI is InChI=1S/C21H27NO3/c1-2-3-4-5-6-7-8-19-13-14-20(23)22(19)16-15-17-9-11-18(12-10-17)21(24)25/h5-12,19H,2-4,13-16H2,1H3,(H,24,25). The molecule has 0 aromatic heterocycles. The Balaban J connectivity index is 1.87. The number of rotatable bonds is 9. The highest BCUT2D eigenvalue weighted by atomic mass is 16.4. The van der Waals surface area contributed by atoms with Crippen LogP contribution in [0, 0.1) is 0 Å². The predicted octanol–water partition coefficient (Wildman–Crippen LogP) is 4.22. The Labute approximate surface area is 149 Å². The van der Waals surface area contributed by atoms with Crippen LogP contribution >= 0.6 is 0 Å². The molecule has 25 heavy (non-hydrogen) atoms. The molecule has 0 saturated carbocycles. The molecule has 1 aliphatic heterocycles. The largest absolute Gasteiger partial charge is 0.478 e. The van der Waals surface area contributed by atoms with E-state index in [1.165, 1.54) is 12.8 Å². The maximum absolute atomic E-state index is 12.1. The number of hydrogen-bond donors (Lipinski definition) is 1. The summed E-state index contributed by atoms with van der Waals surface area (Å²) in [5.41, 5.74) is 1.34. The van der Waals surface area contributed by atoms with Gasteiger partial charge in [0.15, 0.2) is 0 Å². The summed E-state index contributed by atoms with van der Waals surface area (Å²) in [4.78, 5) is 24.9. The number of benzene rings is 1. The molecule has 1 unspecified atom stereocenters. The van der Waals surface area contributed by atoms with Gasteiger partial charge in [0.2, 0.25) is 5.91 Å². The number of aromatic carboxylic acids is 1. The molecule has 1 saturated heterocycles. The average molecular weight is 341 g/mol. The van der Waals surface area contributed by atoms with Crippen molar-refractivity contribution in [2.24, 2.45) is 0 Å². The van der Waals surface area contributed by atoms with Gasteiger partial charge in [0.25, 0.3) is 0 Å². The Morgan fingerprint density at radius 3 is 2.72 bits per heavy atom. The number of carbonyl (C=O) groups excluding carboxylic acids is 1. The zero-order valence-electron chi connectivity index (χ0n) is 14.9. The monoisotopic (exact) mass is 341 g/mol. The highest BCUT2D eigenvalue weighted by molar-refractivity contribution is 5.87. The lowest BCUT2D eigenvalue weighted by Crippen LogP contribution is -2.33. The minimum absolute atomic E-state index is 0.168. The van der Waals surface area contributed by atoms with Crippen molar-refractivity contribution in [3.05, 3.63) is 59.7 Å². The number of carboxylic acids is 1. The van der Waals surface area contributed by atoms with E-state index in [1.54, 1.807) is 12.1 Å². The van der Waals surface area contributed by atoms with E-state index in [4.69, 9.17) is 5.11 Å². The molecule has 0 aliphatic carbocycles. The van der Waals surface area contributed by atoms with Gasteiger partial charge in [-0.3, -0.25) is 4.79 Å². The summed E-state index contributed by atoms with van der Waals surface area (Å²) in [6, 6.07) is 7.04. The van der Waals surface area contributed by atoms with Crippen molar-refractivity contribution >= 4 is 11.9 Å². The minimum atomic E-state index is -0.918. The third-order valence-corrected chi connectivity index (χ3v) is 4.52. The lowest BCUT2D eigenvalue weighted by molar-refractivity contribution is -0.128. The summed E-state index contributed by atoms with van der Waals surface area (Å²) in [5.74, 6) is -0.717. The van der Waals surface area contributed by atoms with Gasteiger partial charge >= 0.3 is 5.97 Å². The summed E-state index contributed by atoms with van der Waals surface area (Å²) in [5, 5.41) is 8.93. The molecule has 0 bridgehead atoms. The number of hydrogen-bond acceptors (Lipinski definition) is 2. The number of carbonyl (C=O) groups is 2. The smallest absolute Gasteiger partial charge is 0.335 e. The molecule has 134 valence electrons. The average Bonchev–Trinajstić information content (AvgIpc) is 2.96. The first kappa shape index (κ1) is 19.0. The second kappa shape index (κ2) is 9.82. The van der Waals surface area contributed by atoms with Gasteiger partial charge in [-0.25, -0.2) is 4.79 Å². The Kier molecular flexibility index (Phi) is 7.45. The number of allylic oxidation sites excluding steroid dienone is 3. The highest BCUT2D eigenvalue weighted by Gasteiger charge is 2.28.